The van der Waals surface area contributed by atoms with Gasteiger partial charge in [0.15, 0.2) is 5.96 Å². The third-order valence-electron chi connectivity index (χ3n) is 4.63. The fraction of sp³-hybridized carbons (Fsp3) is 0.600. The topological polar surface area (TPSA) is 57.2 Å². The normalized spacial score (nSPS) is 17.0. The summed E-state index contributed by atoms with van der Waals surface area (Å²) in [5, 5.41) is 3.31. The van der Waals surface area contributed by atoms with E-state index in [1.54, 1.807) is 4.90 Å². The molecule has 7 heteroatoms. The zero-order chi connectivity index (χ0) is 19.6. The Hall–Kier alpha value is -1.60. The van der Waals surface area contributed by atoms with E-state index in [1.807, 2.05) is 38.4 Å². The van der Waals surface area contributed by atoms with Crippen LogP contribution in [0.15, 0.2) is 33.7 Å². The van der Waals surface area contributed by atoms with Crippen LogP contribution in [0.25, 0.3) is 0 Å². The van der Waals surface area contributed by atoms with Gasteiger partial charge in [0, 0.05) is 57.1 Å². The number of guanidine groups is 1. The highest BCUT2D eigenvalue weighted by Crippen LogP contribution is 2.17. The van der Waals surface area contributed by atoms with Crippen LogP contribution in [0.2, 0.25) is 0 Å². The molecule has 0 aliphatic carbocycles. The Kier molecular flexibility index (Phi) is 9.07. The summed E-state index contributed by atoms with van der Waals surface area (Å²) in [5.74, 6) is 1.50. The number of benzene rings is 1. The second-order valence-electron chi connectivity index (χ2n) is 6.94. The van der Waals surface area contributed by atoms with E-state index in [1.165, 1.54) is 0 Å². The van der Waals surface area contributed by atoms with Gasteiger partial charge in [0.2, 0.25) is 5.91 Å². The van der Waals surface area contributed by atoms with E-state index in [0.717, 1.165) is 48.7 Å². The van der Waals surface area contributed by atoms with Crippen molar-refractivity contribution in [1.29, 1.82) is 0 Å². The maximum absolute atomic E-state index is 12.4. The number of hydrogen-bond donors (Lipinski definition) is 1. The zero-order valence-electron chi connectivity index (χ0n) is 16.6. The zero-order valence-corrected chi connectivity index (χ0v) is 18.2. The minimum absolute atomic E-state index is 0.0946. The molecule has 1 atom stereocenters. The van der Waals surface area contributed by atoms with Gasteiger partial charge >= 0.3 is 0 Å². The van der Waals surface area contributed by atoms with Crippen LogP contribution in [-0.2, 0) is 16.1 Å². The maximum Gasteiger partial charge on any atom is 0.224 e. The SMILES string of the molecule is CCNC(=NCCC(=O)N(C)Cc1ccccc1Br)N(C)CC1CCOC1. The van der Waals surface area contributed by atoms with Crippen molar-refractivity contribution < 1.29 is 9.53 Å². The van der Waals surface area contributed by atoms with E-state index in [-0.39, 0.29) is 5.91 Å². The van der Waals surface area contributed by atoms with E-state index in [0.29, 0.717) is 25.4 Å². The summed E-state index contributed by atoms with van der Waals surface area (Å²) in [6.45, 7) is 6.52. The Balaban J connectivity index is 1.83. The van der Waals surface area contributed by atoms with E-state index >= 15 is 0 Å². The number of aliphatic imine (C=N–C) groups is 1. The number of halogens is 1. The fourth-order valence-electron chi connectivity index (χ4n) is 3.09. The van der Waals surface area contributed by atoms with Gasteiger partial charge in [-0.25, -0.2) is 0 Å². The first-order valence-corrected chi connectivity index (χ1v) is 10.3. The summed E-state index contributed by atoms with van der Waals surface area (Å²) >= 11 is 3.53. The highest BCUT2D eigenvalue weighted by molar-refractivity contribution is 9.10. The summed E-state index contributed by atoms with van der Waals surface area (Å²) < 4.78 is 6.48. The van der Waals surface area contributed by atoms with Crippen molar-refractivity contribution in [3.63, 3.8) is 0 Å². The Morgan fingerprint density at radius 2 is 2.11 bits per heavy atom. The fourth-order valence-corrected chi connectivity index (χ4v) is 3.50. The van der Waals surface area contributed by atoms with Crippen LogP contribution >= 0.6 is 15.9 Å². The van der Waals surface area contributed by atoms with Crippen molar-refractivity contribution in [3.05, 3.63) is 34.3 Å². The highest BCUT2D eigenvalue weighted by atomic mass is 79.9. The van der Waals surface area contributed by atoms with Crippen molar-refractivity contribution in [2.75, 3.05) is 46.9 Å². The van der Waals surface area contributed by atoms with Crippen LogP contribution < -0.4 is 5.32 Å². The number of carbonyl (C=O) groups is 1. The summed E-state index contributed by atoms with van der Waals surface area (Å²) in [6.07, 6.45) is 1.50. The maximum atomic E-state index is 12.4. The Morgan fingerprint density at radius 3 is 2.78 bits per heavy atom. The van der Waals surface area contributed by atoms with E-state index in [9.17, 15) is 4.79 Å². The number of rotatable bonds is 8. The first-order valence-electron chi connectivity index (χ1n) is 9.55. The molecular formula is C20H31BrN4O2. The van der Waals surface area contributed by atoms with Crippen LogP contribution in [0, 0.1) is 5.92 Å². The van der Waals surface area contributed by atoms with E-state index in [4.69, 9.17) is 4.74 Å². The summed E-state index contributed by atoms with van der Waals surface area (Å²) in [5.41, 5.74) is 1.10. The van der Waals surface area contributed by atoms with Crippen molar-refractivity contribution >= 4 is 27.8 Å². The smallest absolute Gasteiger partial charge is 0.224 e. The number of nitrogens with one attached hydrogen (secondary N) is 1. The molecule has 1 aromatic carbocycles. The third-order valence-corrected chi connectivity index (χ3v) is 5.40. The predicted molar refractivity (Wildman–Crippen MR) is 113 cm³/mol. The molecule has 150 valence electrons. The number of nitrogens with zero attached hydrogens (tertiary/aromatic N) is 3. The van der Waals surface area contributed by atoms with Crippen LogP contribution in [0.3, 0.4) is 0 Å². The van der Waals surface area contributed by atoms with Gasteiger partial charge in [-0.1, -0.05) is 34.1 Å². The molecular weight excluding hydrogens is 408 g/mol. The Morgan fingerprint density at radius 1 is 1.33 bits per heavy atom. The highest BCUT2D eigenvalue weighted by Gasteiger charge is 2.19. The van der Waals surface area contributed by atoms with E-state index in [2.05, 4.69) is 38.1 Å². The lowest BCUT2D eigenvalue weighted by atomic mass is 10.1. The lowest BCUT2D eigenvalue weighted by molar-refractivity contribution is -0.130. The average molecular weight is 439 g/mol. The second kappa shape index (κ2) is 11.3. The molecule has 0 bridgehead atoms. The van der Waals surface area contributed by atoms with Crippen molar-refractivity contribution in [1.82, 2.24) is 15.1 Å². The van der Waals surface area contributed by atoms with Gasteiger partial charge in [-0.2, -0.15) is 0 Å². The van der Waals surface area contributed by atoms with Crippen LogP contribution in [0.4, 0.5) is 0 Å². The number of hydrogen-bond acceptors (Lipinski definition) is 3. The second-order valence-corrected chi connectivity index (χ2v) is 7.79. The minimum Gasteiger partial charge on any atom is -0.381 e. The predicted octanol–water partition coefficient (Wildman–Crippen LogP) is 2.73. The molecule has 1 aliphatic heterocycles. The number of carbonyl (C=O) groups excluding carboxylic acids is 1. The molecule has 0 aromatic heterocycles. The van der Waals surface area contributed by atoms with Gasteiger partial charge in [0.1, 0.15) is 0 Å². The minimum atomic E-state index is 0.0946. The van der Waals surface area contributed by atoms with Gasteiger partial charge in [-0.05, 0) is 25.0 Å². The first-order chi connectivity index (χ1) is 13.0. The molecule has 1 amide bonds. The Bertz CT molecular complexity index is 632. The van der Waals surface area contributed by atoms with Gasteiger partial charge in [-0.15, -0.1) is 0 Å². The van der Waals surface area contributed by atoms with Crippen molar-refractivity contribution in [2.24, 2.45) is 10.9 Å². The van der Waals surface area contributed by atoms with Crippen LogP contribution in [0.1, 0.15) is 25.3 Å². The summed E-state index contributed by atoms with van der Waals surface area (Å²) in [4.78, 5) is 21.0. The monoisotopic (exact) mass is 438 g/mol. The first kappa shape index (κ1) is 21.7. The molecule has 2 rings (SSSR count). The molecule has 1 N–H and O–H groups in total. The summed E-state index contributed by atoms with van der Waals surface area (Å²) in [7, 11) is 3.88. The van der Waals surface area contributed by atoms with Gasteiger partial charge < -0.3 is 19.9 Å². The van der Waals surface area contributed by atoms with Crippen molar-refractivity contribution in [2.45, 2.75) is 26.3 Å². The lowest BCUT2D eigenvalue weighted by Crippen LogP contribution is -2.41. The van der Waals surface area contributed by atoms with Gasteiger partial charge in [0.25, 0.3) is 0 Å². The van der Waals surface area contributed by atoms with Gasteiger partial charge in [0.05, 0.1) is 13.2 Å². The van der Waals surface area contributed by atoms with E-state index < -0.39 is 0 Å². The standard InChI is InChI=1S/C20H31BrN4O2/c1-4-22-20(25(3)13-16-10-12-27-15-16)23-11-9-19(26)24(2)14-17-7-5-6-8-18(17)21/h5-8,16H,4,9-15H2,1-3H3,(H,22,23). The van der Waals surface area contributed by atoms with Crippen LogP contribution in [0.5, 0.6) is 0 Å². The van der Waals surface area contributed by atoms with Crippen molar-refractivity contribution in [3.8, 4) is 0 Å². The van der Waals surface area contributed by atoms with Gasteiger partial charge in [-0.3, -0.25) is 9.79 Å². The molecule has 1 aromatic rings. The third kappa shape index (κ3) is 7.14. The quantitative estimate of drug-likeness (QED) is 0.500. The molecule has 1 unspecified atom stereocenters. The summed E-state index contributed by atoms with van der Waals surface area (Å²) in [6, 6.07) is 7.97. The average Bonchev–Trinajstić information content (AvgIpc) is 3.15. The molecule has 0 radical (unpaired) electrons. The molecule has 6 nitrogen and oxygen atoms in total. The molecule has 1 heterocycles. The molecule has 1 fully saturated rings. The van der Waals surface area contributed by atoms with Crippen LogP contribution in [-0.4, -0.2) is 68.6 Å². The largest absolute Gasteiger partial charge is 0.381 e. The lowest BCUT2D eigenvalue weighted by Gasteiger charge is -2.24. The Labute approximate surface area is 171 Å². The molecule has 0 spiro atoms. The molecule has 0 saturated carbocycles. The molecule has 1 aliphatic rings. The number of amides is 1. The molecule has 1 saturated heterocycles. The number of ether oxygens (including phenoxy) is 1. The molecule has 27 heavy (non-hydrogen) atoms.